The predicted octanol–water partition coefficient (Wildman–Crippen LogP) is 7.26. The molecule has 5 rings (SSSR count). The maximum atomic E-state index is 15.0. The number of piperidine rings is 1. The van der Waals surface area contributed by atoms with Crippen LogP contribution >= 0.6 is 0 Å². The van der Waals surface area contributed by atoms with Crippen LogP contribution in [0.2, 0.25) is 0 Å². The monoisotopic (exact) mass is 541 g/mol. The van der Waals surface area contributed by atoms with Gasteiger partial charge in [-0.3, -0.25) is 9.59 Å². The number of halogens is 1. The maximum absolute atomic E-state index is 15.0. The van der Waals surface area contributed by atoms with Crippen molar-refractivity contribution in [3.63, 3.8) is 0 Å². The molecule has 1 N–H and O–H groups in total. The van der Waals surface area contributed by atoms with Crippen LogP contribution in [0.1, 0.15) is 79.5 Å². The molecule has 0 bridgehead atoms. The van der Waals surface area contributed by atoms with Gasteiger partial charge in [-0.15, -0.1) is 0 Å². The van der Waals surface area contributed by atoms with Crippen molar-refractivity contribution in [3.05, 3.63) is 94.8 Å². The minimum atomic E-state index is -0.529. The quantitative estimate of drug-likeness (QED) is 0.370. The summed E-state index contributed by atoms with van der Waals surface area (Å²) in [6, 6.07) is 20.4. The molecule has 1 unspecified atom stereocenters. The molecule has 2 amide bonds. The minimum Gasteiger partial charge on any atom is -0.372 e. The normalized spacial score (nSPS) is 19.5. The Bertz CT molecular complexity index is 1350. The molecule has 3 aromatic carbocycles. The molecule has 0 radical (unpaired) electrons. The summed E-state index contributed by atoms with van der Waals surface area (Å²) in [5.41, 5.74) is 4.56. The van der Waals surface area contributed by atoms with E-state index in [1.54, 1.807) is 24.0 Å². The molecule has 3 aromatic rings. The van der Waals surface area contributed by atoms with Gasteiger partial charge in [-0.25, -0.2) is 4.39 Å². The zero-order valence-electron chi connectivity index (χ0n) is 24.0. The van der Waals surface area contributed by atoms with Crippen molar-refractivity contribution in [3.8, 4) is 0 Å². The Morgan fingerprint density at radius 3 is 2.27 bits per heavy atom. The average molecular weight is 542 g/mol. The lowest BCUT2D eigenvalue weighted by molar-refractivity contribution is -0.123. The average Bonchev–Trinajstić information content (AvgIpc) is 3.47. The highest BCUT2D eigenvalue weighted by molar-refractivity contribution is 5.98. The topological polar surface area (TPSA) is 52.7 Å². The molecule has 5 nitrogen and oxygen atoms in total. The van der Waals surface area contributed by atoms with E-state index in [4.69, 9.17) is 0 Å². The second-order valence-corrected chi connectivity index (χ2v) is 12.2. The van der Waals surface area contributed by atoms with E-state index in [2.05, 4.69) is 49.2 Å². The van der Waals surface area contributed by atoms with Crippen molar-refractivity contribution < 1.29 is 14.0 Å². The Balaban J connectivity index is 1.49. The summed E-state index contributed by atoms with van der Waals surface area (Å²) < 4.78 is 15.0. The number of aryl methyl sites for hydroxylation is 1. The lowest BCUT2D eigenvalue weighted by atomic mass is 9.83. The number of anilines is 2. The number of carbonyl (C=O) groups is 2. The SMILES string of the molecule is Cc1cccc(F)c1C(=O)N1CCCC(C(=O)Nc2cccc(C(C)(C)C)c2)[C@@H]1c1ccc(N2CCCC2)cc1. The molecule has 2 fully saturated rings. The molecule has 0 aliphatic carbocycles. The zero-order valence-corrected chi connectivity index (χ0v) is 24.0. The van der Waals surface area contributed by atoms with Gasteiger partial charge in [0.25, 0.3) is 5.91 Å². The predicted molar refractivity (Wildman–Crippen MR) is 159 cm³/mol. The van der Waals surface area contributed by atoms with Gasteiger partial charge in [0.15, 0.2) is 0 Å². The molecule has 210 valence electrons. The first-order valence-corrected chi connectivity index (χ1v) is 14.5. The number of likely N-dealkylation sites (tertiary alicyclic amines) is 1. The van der Waals surface area contributed by atoms with Crippen molar-refractivity contribution in [2.45, 2.75) is 64.8 Å². The highest BCUT2D eigenvalue weighted by atomic mass is 19.1. The van der Waals surface area contributed by atoms with Crippen molar-refractivity contribution in [1.29, 1.82) is 0 Å². The van der Waals surface area contributed by atoms with E-state index >= 15 is 0 Å². The zero-order chi connectivity index (χ0) is 28.4. The van der Waals surface area contributed by atoms with Gasteiger partial charge in [-0.05, 0) is 85.0 Å². The summed E-state index contributed by atoms with van der Waals surface area (Å²) in [7, 11) is 0. The van der Waals surface area contributed by atoms with Gasteiger partial charge in [0.2, 0.25) is 5.91 Å². The summed E-state index contributed by atoms with van der Waals surface area (Å²) >= 11 is 0. The highest BCUT2D eigenvalue weighted by Crippen LogP contribution is 2.39. The van der Waals surface area contributed by atoms with Crippen molar-refractivity contribution in [2.24, 2.45) is 5.92 Å². The largest absolute Gasteiger partial charge is 0.372 e. The van der Waals surface area contributed by atoms with Gasteiger partial charge in [-0.2, -0.15) is 0 Å². The number of hydrogen-bond donors (Lipinski definition) is 1. The third-order valence-electron chi connectivity index (χ3n) is 8.37. The molecule has 2 aliphatic rings. The van der Waals surface area contributed by atoms with E-state index in [1.807, 2.05) is 30.3 Å². The number of nitrogens with zero attached hydrogens (tertiary/aromatic N) is 2. The van der Waals surface area contributed by atoms with E-state index in [1.165, 1.54) is 18.9 Å². The smallest absolute Gasteiger partial charge is 0.257 e. The first-order valence-electron chi connectivity index (χ1n) is 14.5. The molecular formula is C34H40FN3O2. The van der Waals surface area contributed by atoms with Gasteiger partial charge in [0.1, 0.15) is 5.82 Å². The van der Waals surface area contributed by atoms with E-state index in [9.17, 15) is 14.0 Å². The molecule has 0 spiro atoms. The van der Waals surface area contributed by atoms with Gasteiger partial charge < -0.3 is 15.1 Å². The standard InChI is InChI=1S/C34H40FN3O2/c1-23-10-7-14-29(35)30(23)33(40)38-21-9-13-28(32(39)36-26-12-8-11-25(22-26)34(2,3)4)31(38)24-15-17-27(18-16-24)37-19-5-6-20-37/h7-8,10-12,14-18,22,28,31H,5-6,9,13,19-21H2,1-4H3,(H,36,39)/t28?,31-/m0/s1. The van der Waals surface area contributed by atoms with E-state index < -0.39 is 17.8 Å². The Labute approximate surface area is 237 Å². The fraction of sp³-hybridized carbons (Fsp3) is 0.412. The molecule has 40 heavy (non-hydrogen) atoms. The fourth-order valence-corrected chi connectivity index (χ4v) is 6.11. The number of carbonyl (C=O) groups excluding carboxylic acids is 2. The van der Waals surface area contributed by atoms with Crippen LogP contribution in [-0.4, -0.2) is 36.3 Å². The van der Waals surface area contributed by atoms with Crippen LogP contribution in [0.4, 0.5) is 15.8 Å². The van der Waals surface area contributed by atoms with Crippen LogP contribution in [0, 0.1) is 18.7 Å². The Hall–Kier alpha value is -3.67. The van der Waals surface area contributed by atoms with Crippen LogP contribution in [-0.2, 0) is 10.2 Å². The van der Waals surface area contributed by atoms with E-state index in [0.29, 0.717) is 24.9 Å². The second-order valence-electron chi connectivity index (χ2n) is 12.2. The van der Waals surface area contributed by atoms with E-state index in [-0.39, 0.29) is 22.8 Å². The first kappa shape index (κ1) is 27.9. The molecule has 2 aliphatic heterocycles. The lowest BCUT2D eigenvalue weighted by Gasteiger charge is -2.41. The molecule has 0 aromatic heterocycles. The van der Waals surface area contributed by atoms with Crippen LogP contribution in [0.15, 0.2) is 66.7 Å². The Morgan fingerprint density at radius 1 is 0.900 bits per heavy atom. The number of hydrogen-bond acceptors (Lipinski definition) is 3. The third-order valence-corrected chi connectivity index (χ3v) is 8.37. The summed E-state index contributed by atoms with van der Waals surface area (Å²) in [4.78, 5) is 31.9. The van der Waals surface area contributed by atoms with Crippen LogP contribution in [0.25, 0.3) is 0 Å². The second kappa shape index (κ2) is 11.4. The summed E-state index contributed by atoms with van der Waals surface area (Å²) in [5, 5.41) is 3.14. The minimum absolute atomic E-state index is 0.0496. The Kier molecular flexibility index (Phi) is 7.97. The molecule has 2 heterocycles. The van der Waals surface area contributed by atoms with Gasteiger partial charge in [0, 0.05) is 31.0 Å². The van der Waals surface area contributed by atoms with Crippen molar-refractivity contribution >= 4 is 23.2 Å². The third kappa shape index (κ3) is 5.77. The van der Waals surface area contributed by atoms with Crippen LogP contribution < -0.4 is 10.2 Å². The number of benzene rings is 3. The maximum Gasteiger partial charge on any atom is 0.257 e. The van der Waals surface area contributed by atoms with Gasteiger partial charge >= 0.3 is 0 Å². The number of nitrogens with one attached hydrogen (secondary N) is 1. The van der Waals surface area contributed by atoms with Gasteiger partial charge in [0.05, 0.1) is 17.5 Å². The summed E-state index contributed by atoms with van der Waals surface area (Å²) in [6.07, 6.45) is 3.69. The first-order chi connectivity index (χ1) is 19.1. The number of amides is 2. The van der Waals surface area contributed by atoms with Crippen LogP contribution in [0.3, 0.4) is 0 Å². The van der Waals surface area contributed by atoms with Gasteiger partial charge in [-0.1, -0.05) is 57.2 Å². The highest BCUT2D eigenvalue weighted by Gasteiger charge is 2.40. The summed E-state index contributed by atoms with van der Waals surface area (Å²) in [6.45, 7) is 10.7. The molecule has 2 atom stereocenters. The van der Waals surface area contributed by atoms with Crippen LogP contribution in [0.5, 0.6) is 0 Å². The lowest BCUT2D eigenvalue weighted by Crippen LogP contribution is -2.46. The molecule has 6 heteroatoms. The Morgan fingerprint density at radius 2 is 1.60 bits per heavy atom. The van der Waals surface area contributed by atoms with Crippen molar-refractivity contribution in [1.82, 2.24) is 4.90 Å². The molecule has 2 saturated heterocycles. The number of rotatable bonds is 5. The van der Waals surface area contributed by atoms with E-state index in [0.717, 1.165) is 35.6 Å². The fourth-order valence-electron chi connectivity index (χ4n) is 6.11. The van der Waals surface area contributed by atoms with Crippen molar-refractivity contribution in [2.75, 3.05) is 29.9 Å². The molecule has 0 saturated carbocycles. The summed E-state index contributed by atoms with van der Waals surface area (Å²) in [5.74, 6) is -1.49. The molecular weight excluding hydrogens is 501 g/mol.